The second-order valence-electron chi connectivity index (χ2n) is 3.57. The van der Waals surface area contributed by atoms with Crippen molar-refractivity contribution in [2.75, 3.05) is 32.8 Å². The maximum atomic E-state index is 5.45. The Morgan fingerprint density at radius 1 is 1.31 bits per heavy atom. The lowest BCUT2D eigenvalue weighted by molar-refractivity contribution is 0.0400. The first-order chi connectivity index (χ1) is 5.86. The predicted octanol–water partition coefficient (Wildman–Crippen LogP) is 2.18. The number of hydrogen-bond acceptors (Lipinski definition) is 2. The summed E-state index contributed by atoms with van der Waals surface area (Å²) in [5.41, 5.74) is 0. The Kier molecular flexibility index (Phi) is 7.72. The van der Waals surface area contributed by atoms with Gasteiger partial charge in [0, 0.05) is 13.2 Å². The topological polar surface area (TPSA) is 12.5 Å². The Morgan fingerprint density at radius 3 is 2.46 bits per heavy atom. The van der Waals surface area contributed by atoms with Crippen LogP contribution in [0.5, 0.6) is 0 Å². The summed E-state index contributed by atoms with van der Waals surface area (Å²) < 4.78 is 5.45. The van der Waals surface area contributed by atoms with Gasteiger partial charge in [-0.05, 0) is 31.8 Å². The summed E-state index contributed by atoms with van der Waals surface area (Å²) in [5.74, 6) is 0.790. The van der Waals surface area contributed by atoms with E-state index in [9.17, 15) is 0 Å². The van der Waals surface area contributed by atoms with Gasteiger partial charge in [0.1, 0.15) is 0 Å². The molecule has 2 nitrogen and oxygen atoms in total. The molecular weight excluding hydrogens is 186 g/mol. The fourth-order valence-corrected chi connectivity index (χ4v) is 1.80. The van der Waals surface area contributed by atoms with E-state index in [1.54, 1.807) is 0 Å². The lowest BCUT2D eigenvalue weighted by atomic mass is 10.0. The first-order valence-electron chi connectivity index (χ1n) is 5.16. The van der Waals surface area contributed by atoms with Crippen molar-refractivity contribution in [3.05, 3.63) is 0 Å². The molecule has 0 bridgehead atoms. The monoisotopic (exact) mass is 207 g/mol. The molecule has 1 aliphatic heterocycles. The SMILES string of the molecule is CCN(CC)C[C@@H]1CCCOC1.Cl. The maximum Gasteiger partial charge on any atom is 0.0506 e. The van der Waals surface area contributed by atoms with Crippen LogP contribution in [0.15, 0.2) is 0 Å². The number of hydrogen-bond donors (Lipinski definition) is 0. The van der Waals surface area contributed by atoms with Crippen molar-refractivity contribution < 1.29 is 4.74 Å². The highest BCUT2D eigenvalue weighted by Gasteiger charge is 2.15. The summed E-state index contributed by atoms with van der Waals surface area (Å²) in [4.78, 5) is 2.49. The van der Waals surface area contributed by atoms with Crippen LogP contribution in [0.3, 0.4) is 0 Å². The van der Waals surface area contributed by atoms with E-state index in [2.05, 4.69) is 18.7 Å². The summed E-state index contributed by atoms with van der Waals surface area (Å²) in [7, 11) is 0. The molecule has 1 atom stereocenters. The van der Waals surface area contributed by atoms with Gasteiger partial charge in [-0.25, -0.2) is 0 Å². The minimum atomic E-state index is 0. The first kappa shape index (κ1) is 13.2. The Balaban J connectivity index is 0.00000144. The van der Waals surface area contributed by atoms with Crippen LogP contribution in [0.4, 0.5) is 0 Å². The molecule has 80 valence electrons. The fraction of sp³-hybridized carbons (Fsp3) is 1.00. The minimum Gasteiger partial charge on any atom is -0.381 e. The van der Waals surface area contributed by atoms with Crippen molar-refractivity contribution in [2.45, 2.75) is 26.7 Å². The van der Waals surface area contributed by atoms with Crippen molar-refractivity contribution >= 4 is 12.4 Å². The second kappa shape index (κ2) is 7.60. The van der Waals surface area contributed by atoms with Gasteiger partial charge in [-0.2, -0.15) is 0 Å². The molecule has 1 fully saturated rings. The van der Waals surface area contributed by atoms with E-state index in [0.29, 0.717) is 0 Å². The summed E-state index contributed by atoms with van der Waals surface area (Å²) in [6, 6.07) is 0. The van der Waals surface area contributed by atoms with Gasteiger partial charge in [0.2, 0.25) is 0 Å². The van der Waals surface area contributed by atoms with Gasteiger partial charge < -0.3 is 9.64 Å². The zero-order valence-corrected chi connectivity index (χ0v) is 9.61. The second-order valence-corrected chi connectivity index (χ2v) is 3.57. The van der Waals surface area contributed by atoms with Gasteiger partial charge in [-0.15, -0.1) is 12.4 Å². The molecule has 1 aliphatic rings. The van der Waals surface area contributed by atoms with E-state index in [-0.39, 0.29) is 12.4 Å². The van der Waals surface area contributed by atoms with Gasteiger partial charge in [0.15, 0.2) is 0 Å². The molecule has 0 aliphatic carbocycles. The van der Waals surface area contributed by atoms with Gasteiger partial charge >= 0.3 is 0 Å². The molecule has 13 heavy (non-hydrogen) atoms. The smallest absolute Gasteiger partial charge is 0.0506 e. The van der Waals surface area contributed by atoms with Crippen LogP contribution in [0.2, 0.25) is 0 Å². The number of rotatable bonds is 4. The normalized spacial score (nSPS) is 22.8. The zero-order valence-electron chi connectivity index (χ0n) is 8.79. The van der Waals surface area contributed by atoms with Crippen molar-refractivity contribution in [1.82, 2.24) is 4.90 Å². The molecule has 1 rings (SSSR count). The molecule has 3 heteroatoms. The predicted molar refractivity (Wildman–Crippen MR) is 58.6 cm³/mol. The van der Waals surface area contributed by atoms with E-state index < -0.39 is 0 Å². The molecule has 0 saturated carbocycles. The molecule has 1 saturated heterocycles. The van der Waals surface area contributed by atoms with E-state index in [1.807, 2.05) is 0 Å². The lowest BCUT2D eigenvalue weighted by Gasteiger charge is -2.27. The molecule has 0 aromatic carbocycles. The molecule has 0 aromatic rings. The Labute approximate surface area is 88.0 Å². The van der Waals surface area contributed by atoms with Gasteiger partial charge in [-0.1, -0.05) is 13.8 Å². The van der Waals surface area contributed by atoms with Crippen LogP contribution in [-0.2, 0) is 4.74 Å². The van der Waals surface area contributed by atoms with Crippen LogP contribution < -0.4 is 0 Å². The average molecular weight is 208 g/mol. The molecule has 0 spiro atoms. The van der Waals surface area contributed by atoms with Crippen LogP contribution in [0.1, 0.15) is 26.7 Å². The Hall–Kier alpha value is 0.210. The van der Waals surface area contributed by atoms with Crippen LogP contribution in [-0.4, -0.2) is 37.7 Å². The van der Waals surface area contributed by atoms with Gasteiger partial charge in [0.25, 0.3) is 0 Å². The fourth-order valence-electron chi connectivity index (χ4n) is 1.80. The molecule has 0 N–H and O–H groups in total. The summed E-state index contributed by atoms with van der Waals surface area (Å²) in [5, 5.41) is 0. The molecular formula is C10H22ClNO. The highest BCUT2D eigenvalue weighted by atomic mass is 35.5. The van der Waals surface area contributed by atoms with Crippen molar-refractivity contribution in [1.29, 1.82) is 0 Å². The van der Waals surface area contributed by atoms with E-state index in [0.717, 1.165) is 19.1 Å². The van der Waals surface area contributed by atoms with Gasteiger partial charge in [-0.3, -0.25) is 0 Å². The average Bonchev–Trinajstić information content (AvgIpc) is 2.16. The first-order valence-corrected chi connectivity index (χ1v) is 5.16. The highest BCUT2D eigenvalue weighted by Crippen LogP contribution is 2.14. The third kappa shape index (κ3) is 4.84. The summed E-state index contributed by atoms with van der Waals surface area (Å²) in [6.45, 7) is 10.00. The molecule has 0 unspecified atom stereocenters. The van der Waals surface area contributed by atoms with E-state index in [1.165, 1.54) is 32.5 Å². The van der Waals surface area contributed by atoms with Crippen molar-refractivity contribution in [2.24, 2.45) is 5.92 Å². The summed E-state index contributed by atoms with van der Waals surface area (Å²) >= 11 is 0. The maximum absolute atomic E-state index is 5.45. The number of halogens is 1. The van der Waals surface area contributed by atoms with Crippen LogP contribution in [0, 0.1) is 5.92 Å². The lowest BCUT2D eigenvalue weighted by Crippen LogP contribution is -2.33. The molecule has 0 radical (unpaired) electrons. The highest BCUT2D eigenvalue weighted by molar-refractivity contribution is 5.85. The van der Waals surface area contributed by atoms with Crippen molar-refractivity contribution in [3.63, 3.8) is 0 Å². The molecule has 1 heterocycles. The van der Waals surface area contributed by atoms with E-state index in [4.69, 9.17) is 4.74 Å². The zero-order chi connectivity index (χ0) is 8.81. The molecule has 0 amide bonds. The quantitative estimate of drug-likeness (QED) is 0.701. The molecule has 0 aromatic heterocycles. The van der Waals surface area contributed by atoms with Crippen molar-refractivity contribution in [3.8, 4) is 0 Å². The standard InChI is InChI=1S/C10H21NO.ClH/c1-3-11(4-2)8-10-6-5-7-12-9-10;/h10H,3-9H2,1-2H3;1H/t10-;/m0./s1. The minimum absolute atomic E-state index is 0. The summed E-state index contributed by atoms with van der Waals surface area (Å²) in [6.07, 6.45) is 2.61. The Morgan fingerprint density at radius 2 is 2.00 bits per heavy atom. The number of nitrogens with zero attached hydrogens (tertiary/aromatic N) is 1. The van der Waals surface area contributed by atoms with E-state index >= 15 is 0 Å². The third-order valence-electron chi connectivity index (χ3n) is 2.67. The van der Waals surface area contributed by atoms with Gasteiger partial charge in [0.05, 0.1) is 6.61 Å². The van der Waals surface area contributed by atoms with Crippen LogP contribution in [0.25, 0.3) is 0 Å². The largest absolute Gasteiger partial charge is 0.381 e. The Bertz CT molecular complexity index is 111. The number of ether oxygens (including phenoxy) is 1. The van der Waals surface area contributed by atoms with Crippen LogP contribution >= 0.6 is 12.4 Å². The third-order valence-corrected chi connectivity index (χ3v) is 2.67.